The third-order valence-corrected chi connectivity index (χ3v) is 5.55. The Hall–Kier alpha value is -1.74. The zero-order valence-electron chi connectivity index (χ0n) is 13.2. The van der Waals surface area contributed by atoms with Crippen molar-refractivity contribution >= 4 is 63.1 Å². The fourth-order valence-corrected chi connectivity index (χ4v) is 3.33. The molecular formula is C16H13BrCl2N6S. The number of nitrogens with zero attached hydrogens (tertiary/aromatic N) is 4. The van der Waals surface area contributed by atoms with Gasteiger partial charge in [0.05, 0.1) is 16.3 Å². The van der Waals surface area contributed by atoms with E-state index in [0.717, 1.165) is 15.6 Å². The average Bonchev–Trinajstić information content (AvgIpc) is 2.98. The van der Waals surface area contributed by atoms with Crippen LogP contribution in [0.15, 0.2) is 57.2 Å². The van der Waals surface area contributed by atoms with Crippen molar-refractivity contribution in [3.8, 4) is 0 Å². The number of rotatable bonds is 6. The van der Waals surface area contributed by atoms with Gasteiger partial charge >= 0.3 is 0 Å². The fourth-order valence-electron chi connectivity index (χ4n) is 1.94. The van der Waals surface area contributed by atoms with Gasteiger partial charge in [0.25, 0.3) is 5.95 Å². The van der Waals surface area contributed by atoms with Crippen LogP contribution in [0.25, 0.3) is 0 Å². The second-order valence-corrected chi connectivity index (χ2v) is 7.81. The van der Waals surface area contributed by atoms with Crippen LogP contribution in [-0.4, -0.2) is 21.1 Å². The Morgan fingerprint density at radius 3 is 2.65 bits per heavy atom. The summed E-state index contributed by atoms with van der Waals surface area (Å²) in [6, 6.07) is 13.2. The molecule has 6 nitrogen and oxygen atoms in total. The highest BCUT2D eigenvalue weighted by molar-refractivity contribution is 9.10. The summed E-state index contributed by atoms with van der Waals surface area (Å²) >= 11 is 16.8. The summed E-state index contributed by atoms with van der Waals surface area (Å²) in [5, 5.41) is 13.8. The molecule has 1 heterocycles. The van der Waals surface area contributed by atoms with E-state index >= 15 is 0 Å². The lowest BCUT2D eigenvalue weighted by Crippen LogP contribution is -2.13. The fraction of sp³-hybridized carbons (Fsp3) is 0.0625. The van der Waals surface area contributed by atoms with Crippen LogP contribution in [0.2, 0.25) is 10.0 Å². The van der Waals surface area contributed by atoms with Crippen molar-refractivity contribution in [1.29, 1.82) is 0 Å². The molecule has 3 rings (SSSR count). The number of hydrazone groups is 1. The Bertz CT molecular complexity index is 929. The Balaban J connectivity index is 1.60. The van der Waals surface area contributed by atoms with Gasteiger partial charge < -0.3 is 5.84 Å². The predicted molar refractivity (Wildman–Crippen MR) is 112 cm³/mol. The molecule has 0 spiro atoms. The first-order chi connectivity index (χ1) is 12.5. The summed E-state index contributed by atoms with van der Waals surface area (Å²) in [5.41, 5.74) is 4.73. The third kappa shape index (κ3) is 4.91. The third-order valence-electron chi connectivity index (χ3n) is 3.26. The van der Waals surface area contributed by atoms with E-state index in [1.807, 2.05) is 36.4 Å². The zero-order valence-corrected chi connectivity index (χ0v) is 17.1. The quantitative estimate of drug-likeness (QED) is 0.233. The number of anilines is 1. The minimum Gasteiger partial charge on any atom is -0.334 e. The molecule has 26 heavy (non-hydrogen) atoms. The van der Waals surface area contributed by atoms with Crippen molar-refractivity contribution in [2.45, 2.75) is 10.9 Å². The van der Waals surface area contributed by atoms with Gasteiger partial charge in [0.1, 0.15) is 0 Å². The van der Waals surface area contributed by atoms with Gasteiger partial charge in [-0.15, -0.1) is 10.2 Å². The largest absolute Gasteiger partial charge is 0.334 e. The van der Waals surface area contributed by atoms with Crippen molar-refractivity contribution in [1.82, 2.24) is 14.9 Å². The molecule has 10 heteroatoms. The van der Waals surface area contributed by atoms with Gasteiger partial charge in [0, 0.05) is 10.2 Å². The van der Waals surface area contributed by atoms with E-state index in [1.54, 1.807) is 12.3 Å². The maximum absolute atomic E-state index is 6.02. The Morgan fingerprint density at radius 1 is 1.15 bits per heavy atom. The molecule has 0 unspecified atom stereocenters. The predicted octanol–water partition coefficient (Wildman–Crippen LogP) is 4.80. The van der Waals surface area contributed by atoms with Crippen LogP contribution in [0.1, 0.15) is 11.1 Å². The molecule has 0 saturated carbocycles. The van der Waals surface area contributed by atoms with Crippen molar-refractivity contribution < 1.29 is 0 Å². The summed E-state index contributed by atoms with van der Waals surface area (Å²) in [4.78, 5) is 0. The molecule has 1 aromatic heterocycles. The van der Waals surface area contributed by atoms with E-state index in [0.29, 0.717) is 26.9 Å². The van der Waals surface area contributed by atoms with Crippen molar-refractivity contribution in [3.05, 3.63) is 68.1 Å². The van der Waals surface area contributed by atoms with Gasteiger partial charge in [-0.3, -0.25) is 0 Å². The highest BCUT2D eigenvalue weighted by Crippen LogP contribution is 2.27. The first-order valence-corrected chi connectivity index (χ1v) is 9.88. The minimum absolute atomic E-state index is 0.343. The second kappa shape index (κ2) is 8.77. The van der Waals surface area contributed by atoms with Crippen LogP contribution in [-0.2, 0) is 5.75 Å². The Kier molecular flexibility index (Phi) is 6.42. The van der Waals surface area contributed by atoms with Crippen molar-refractivity contribution in [2.75, 3.05) is 11.3 Å². The first-order valence-electron chi connectivity index (χ1n) is 7.35. The minimum atomic E-state index is 0.343. The monoisotopic (exact) mass is 470 g/mol. The van der Waals surface area contributed by atoms with Crippen LogP contribution >= 0.6 is 50.9 Å². The molecular weight excluding hydrogens is 459 g/mol. The first kappa shape index (κ1) is 19.0. The van der Waals surface area contributed by atoms with Crippen LogP contribution in [0.5, 0.6) is 0 Å². The Labute approximate surface area is 172 Å². The maximum Gasteiger partial charge on any atom is 0.264 e. The SMILES string of the molecule is Nn1c(N/N=C/c2ccc(Br)cc2)nnc1SCc1ccc(Cl)c(Cl)c1. The van der Waals surface area contributed by atoms with Gasteiger partial charge in [-0.05, 0) is 35.4 Å². The molecule has 134 valence electrons. The molecule has 0 aliphatic heterocycles. The lowest BCUT2D eigenvalue weighted by atomic mass is 10.2. The second-order valence-electron chi connectivity index (χ2n) is 5.13. The molecule has 0 bridgehead atoms. The molecule has 2 aromatic carbocycles. The number of benzene rings is 2. The normalized spacial score (nSPS) is 11.2. The van der Waals surface area contributed by atoms with Gasteiger partial charge in [-0.25, -0.2) is 10.1 Å². The lowest BCUT2D eigenvalue weighted by molar-refractivity contribution is 0.847. The molecule has 0 saturated heterocycles. The summed E-state index contributed by atoms with van der Waals surface area (Å²) in [6.07, 6.45) is 1.67. The smallest absolute Gasteiger partial charge is 0.264 e. The number of nitrogen functional groups attached to an aromatic ring is 1. The molecule has 3 N–H and O–H groups in total. The molecule has 0 atom stereocenters. The van der Waals surface area contributed by atoms with Crippen molar-refractivity contribution in [2.24, 2.45) is 5.10 Å². The summed E-state index contributed by atoms with van der Waals surface area (Å²) in [7, 11) is 0. The lowest BCUT2D eigenvalue weighted by Gasteiger charge is -2.04. The number of nitrogens with two attached hydrogens (primary N) is 1. The van der Waals surface area contributed by atoms with E-state index in [2.05, 4.69) is 36.7 Å². The van der Waals surface area contributed by atoms with Crippen LogP contribution in [0.4, 0.5) is 5.95 Å². The molecule has 0 radical (unpaired) electrons. The standard InChI is InChI=1S/C16H13BrCl2N6S/c17-12-4-1-10(2-5-12)8-21-22-15-23-24-16(25(15)20)26-9-11-3-6-13(18)14(19)7-11/h1-8H,9,20H2,(H,22,23)/b21-8+. The van der Waals surface area contributed by atoms with Crippen LogP contribution < -0.4 is 11.3 Å². The number of hydrogen-bond acceptors (Lipinski definition) is 6. The van der Waals surface area contributed by atoms with E-state index in [1.165, 1.54) is 16.4 Å². The molecule has 3 aromatic rings. The van der Waals surface area contributed by atoms with Crippen LogP contribution in [0.3, 0.4) is 0 Å². The Morgan fingerprint density at radius 2 is 1.92 bits per heavy atom. The summed E-state index contributed by atoms with van der Waals surface area (Å²) in [6.45, 7) is 0. The van der Waals surface area contributed by atoms with Gasteiger partial charge in [0.15, 0.2) is 0 Å². The highest BCUT2D eigenvalue weighted by atomic mass is 79.9. The average molecular weight is 472 g/mol. The molecule has 0 aliphatic rings. The van der Waals surface area contributed by atoms with Crippen molar-refractivity contribution in [3.63, 3.8) is 0 Å². The highest BCUT2D eigenvalue weighted by Gasteiger charge is 2.10. The van der Waals surface area contributed by atoms with Gasteiger partial charge in [-0.2, -0.15) is 5.10 Å². The van der Waals surface area contributed by atoms with Gasteiger partial charge in [-0.1, -0.05) is 69.1 Å². The number of thioether (sulfide) groups is 1. The van der Waals surface area contributed by atoms with E-state index < -0.39 is 0 Å². The molecule has 0 amide bonds. The number of nitrogens with one attached hydrogen (secondary N) is 1. The zero-order chi connectivity index (χ0) is 18.5. The van der Waals surface area contributed by atoms with Gasteiger partial charge in [0.2, 0.25) is 5.16 Å². The number of hydrogen-bond donors (Lipinski definition) is 2. The molecule has 0 fully saturated rings. The van der Waals surface area contributed by atoms with E-state index in [-0.39, 0.29) is 0 Å². The van der Waals surface area contributed by atoms with E-state index in [4.69, 9.17) is 29.0 Å². The number of halogens is 3. The summed E-state index contributed by atoms with van der Waals surface area (Å²) in [5.74, 6) is 6.98. The van der Waals surface area contributed by atoms with Crippen LogP contribution in [0, 0.1) is 0 Å². The topological polar surface area (TPSA) is 81.1 Å². The number of aromatic nitrogens is 3. The summed E-state index contributed by atoms with van der Waals surface area (Å²) < 4.78 is 2.36. The molecule has 0 aliphatic carbocycles. The maximum atomic E-state index is 6.02. The van der Waals surface area contributed by atoms with E-state index in [9.17, 15) is 0 Å².